The number of nitrogens with zero attached hydrogens (tertiary/aromatic N) is 3. The molecule has 0 N–H and O–H groups in total. The molecule has 0 aliphatic carbocycles. The molecule has 6 nitrogen and oxygen atoms in total. The second-order valence-corrected chi connectivity index (χ2v) is 4.28. The lowest BCUT2D eigenvalue weighted by atomic mass is 10.2. The van der Waals surface area contributed by atoms with Crippen LogP contribution < -0.4 is 0 Å². The molecule has 1 saturated heterocycles. The number of aryl methyl sites for hydroxylation is 1. The van der Waals surface area contributed by atoms with Crippen LogP contribution in [0.15, 0.2) is 12.3 Å². The number of ether oxygens (including phenoxy) is 1. The molecule has 0 bridgehead atoms. The van der Waals surface area contributed by atoms with Crippen molar-refractivity contribution in [3.8, 4) is 0 Å². The molecule has 1 atom stereocenters. The number of amides is 1. The molecule has 6 heteroatoms. The van der Waals surface area contributed by atoms with Gasteiger partial charge < -0.3 is 9.64 Å². The second kappa shape index (κ2) is 5.20. The highest BCUT2D eigenvalue weighted by Crippen LogP contribution is 2.20. The Hall–Kier alpha value is -1.85. The number of aromatic nitrogens is 2. The van der Waals surface area contributed by atoms with Gasteiger partial charge in [-0.25, -0.2) is 4.79 Å². The zero-order valence-electron chi connectivity index (χ0n) is 10.6. The van der Waals surface area contributed by atoms with Crippen molar-refractivity contribution in [2.24, 2.45) is 7.05 Å². The Kier molecular flexibility index (Phi) is 3.64. The number of hydrogen-bond acceptors (Lipinski definition) is 4. The first-order chi connectivity index (χ1) is 8.63. The minimum absolute atomic E-state index is 0.203. The number of carbonyl (C=O) groups excluding carboxylic acids is 2. The van der Waals surface area contributed by atoms with Crippen LogP contribution in [0.3, 0.4) is 0 Å². The van der Waals surface area contributed by atoms with Gasteiger partial charge in [-0.2, -0.15) is 5.10 Å². The Bertz CT molecular complexity index is 455. The molecular weight excluding hydrogens is 234 g/mol. The lowest BCUT2D eigenvalue weighted by Crippen LogP contribution is -2.41. The SMILES string of the molecule is CCOC(=O)C1CCCN1C(=O)c1ccn(C)n1. The van der Waals surface area contributed by atoms with E-state index in [9.17, 15) is 9.59 Å². The minimum atomic E-state index is -0.459. The van der Waals surface area contributed by atoms with Crippen LogP contribution in [0.25, 0.3) is 0 Å². The van der Waals surface area contributed by atoms with Crippen LogP contribution >= 0.6 is 0 Å². The van der Waals surface area contributed by atoms with E-state index in [1.54, 1.807) is 35.8 Å². The lowest BCUT2D eigenvalue weighted by Gasteiger charge is -2.22. The van der Waals surface area contributed by atoms with E-state index in [1.807, 2.05) is 0 Å². The van der Waals surface area contributed by atoms with Crippen molar-refractivity contribution in [1.29, 1.82) is 0 Å². The molecule has 1 unspecified atom stereocenters. The Morgan fingerprint density at radius 1 is 1.56 bits per heavy atom. The molecule has 1 aromatic heterocycles. The summed E-state index contributed by atoms with van der Waals surface area (Å²) < 4.78 is 6.56. The summed E-state index contributed by atoms with van der Waals surface area (Å²) in [6.45, 7) is 2.68. The van der Waals surface area contributed by atoms with Gasteiger partial charge in [0.25, 0.3) is 5.91 Å². The van der Waals surface area contributed by atoms with Gasteiger partial charge in [-0.15, -0.1) is 0 Å². The molecule has 1 aliphatic heterocycles. The van der Waals surface area contributed by atoms with Gasteiger partial charge in [-0.3, -0.25) is 9.48 Å². The summed E-state index contributed by atoms with van der Waals surface area (Å²) in [6.07, 6.45) is 3.20. The Morgan fingerprint density at radius 3 is 2.94 bits per heavy atom. The predicted molar refractivity (Wildman–Crippen MR) is 63.9 cm³/mol. The zero-order chi connectivity index (χ0) is 13.1. The molecule has 1 fully saturated rings. The predicted octanol–water partition coefficient (Wildman–Crippen LogP) is 0.588. The summed E-state index contributed by atoms with van der Waals surface area (Å²) in [5, 5.41) is 4.07. The molecule has 1 aromatic rings. The van der Waals surface area contributed by atoms with Crippen molar-refractivity contribution in [2.75, 3.05) is 13.2 Å². The van der Waals surface area contributed by atoms with Gasteiger partial charge in [-0.05, 0) is 25.8 Å². The zero-order valence-corrected chi connectivity index (χ0v) is 10.6. The van der Waals surface area contributed by atoms with E-state index in [0.717, 1.165) is 6.42 Å². The second-order valence-electron chi connectivity index (χ2n) is 4.28. The fourth-order valence-corrected chi connectivity index (χ4v) is 2.17. The average Bonchev–Trinajstić information content (AvgIpc) is 2.96. The van der Waals surface area contributed by atoms with Crippen LogP contribution in [0.1, 0.15) is 30.3 Å². The van der Waals surface area contributed by atoms with E-state index in [0.29, 0.717) is 25.3 Å². The van der Waals surface area contributed by atoms with Crippen LogP contribution in [0.4, 0.5) is 0 Å². The number of esters is 1. The summed E-state index contributed by atoms with van der Waals surface area (Å²) in [5.41, 5.74) is 0.369. The van der Waals surface area contributed by atoms with Crippen LogP contribution in [-0.2, 0) is 16.6 Å². The molecule has 2 heterocycles. The molecular formula is C12H17N3O3. The summed E-state index contributed by atoms with van der Waals surface area (Å²) in [6, 6.07) is 1.20. The fraction of sp³-hybridized carbons (Fsp3) is 0.583. The summed E-state index contributed by atoms with van der Waals surface area (Å²) in [7, 11) is 1.75. The Morgan fingerprint density at radius 2 is 2.33 bits per heavy atom. The molecule has 98 valence electrons. The van der Waals surface area contributed by atoms with E-state index >= 15 is 0 Å². The number of likely N-dealkylation sites (tertiary alicyclic amines) is 1. The van der Waals surface area contributed by atoms with Crippen molar-refractivity contribution >= 4 is 11.9 Å². The highest BCUT2D eigenvalue weighted by molar-refractivity contribution is 5.95. The van der Waals surface area contributed by atoms with Crippen LogP contribution in [0.5, 0.6) is 0 Å². The number of carbonyl (C=O) groups is 2. The third-order valence-electron chi connectivity index (χ3n) is 3.01. The Labute approximate surface area is 106 Å². The lowest BCUT2D eigenvalue weighted by molar-refractivity contribution is -0.147. The van der Waals surface area contributed by atoms with Gasteiger partial charge in [-0.1, -0.05) is 0 Å². The topological polar surface area (TPSA) is 64.4 Å². The maximum absolute atomic E-state index is 12.2. The van der Waals surface area contributed by atoms with E-state index in [1.165, 1.54) is 0 Å². The summed E-state index contributed by atoms with van der Waals surface area (Å²) in [4.78, 5) is 25.5. The normalized spacial score (nSPS) is 19.0. The van der Waals surface area contributed by atoms with Crippen molar-refractivity contribution in [1.82, 2.24) is 14.7 Å². The Balaban J connectivity index is 2.11. The first-order valence-corrected chi connectivity index (χ1v) is 6.10. The fourth-order valence-electron chi connectivity index (χ4n) is 2.17. The highest BCUT2D eigenvalue weighted by atomic mass is 16.5. The molecule has 0 spiro atoms. The first-order valence-electron chi connectivity index (χ1n) is 6.10. The minimum Gasteiger partial charge on any atom is -0.464 e. The molecule has 0 aromatic carbocycles. The van der Waals surface area contributed by atoms with Gasteiger partial charge in [0.15, 0.2) is 0 Å². The monoisotopic (exact) mass is 251 g/mol. The molecule has 18 heavy (non-hydrogen) atoms. The molecule has 1 amide bonds. The van der Waals surface area contributed by atoms with Gasteiger partial charge in [0.05, 0.1) is 6.61 Å². The first kappa shape index (κ1) is 12.6. The van der Waals surface area contributed by atoms with Crippen LogP contribution in [0, 0.1) is 0 Å². The number of hydrogen-bond donors (Lipinski definition) is 0. The van der Waals surface area contributed by atoms with Gasteiger partial charge >= 0.3 is 5.97 Å². The molecule has 0 saturated carbocycles. The largest absolute Gasteiger partial charge is 0.464 e. The molecule has 1 aliphatic rings. The van der Waals surface area contributed by atoms with Crippen LogP contribution in [0.2, 0.25) is 0 Å². The van der Waals surface area contributed by atoms with Gasteiger partial charge in [0.1, 0.15) is 11.7 Å². The summed E-state index contributed by atoms with van der Waals surface area (Å²) in [5.74, 6) is -0.523. The van der Waals surface area contributed by atoms with Crippen molar-refractivity contribution in [3.05, 3.63) is 18.0 Å². The maximum atomic E-state index is 12.2. The molecule has 2 rings (SSSR count). The smallest absolute Gasteiger partial charge is 0.328 e. The van der Waals surface area contributed by atoms with Gasteiger partial charge in [0.2, 0.25) is 0 Å². The van der Waals surface area contributed by atoms with Crippen molar-refractivity contribution in [2.45, 2.75) is 25.8 Å². The quantitative estimate of drug-likeness (QED) is 0.737. The van der Waals surface area contributed by atoms with Gasteiger partial charge in [0, 0.05) is 19.8 Å². The van der Waals surface area contributed by atoms with Crippen molar-refractivity contribution < 1.29 is 14.3 Å². The van der Waals surface area contributed by atoms with E-state index in [2.05, 4.69) is 5.10 Å². The van der Waals surface area contributed by atoms with Crippen molar-refractivity contribution in [3.63, 3.8) is 0 Å². The standard InChI is InChI=1S/C12H17N3O3/c1-3-18-12(17)10-5-4-7-15(10)11(16)9-6-8-14(2)13-9/h6,8,10H,3-5,7H2,1-2H3. The van der Waals surface area contributed by atoms with Crippen LogP contribution in [-0.4, -0.2) is 45.8 Å². The number of rotatable bonds is 3. The van der Waals surface area contributed by atoms with E-state index < -0.39 is 6.04 Å². The van der Waals surface area contributed by atoms with E-state index in [-0.39, 0.29) is 11.9 Å². The third kappa shape index (κ3) is 2.37. The van der Waals surface area contributed by atoms with E-state index in [4.69, 9.17) is 4.74 Å². The maximum Gasteiger partial charge on any atom is 0.328 e. The highest BCUT2D eigenvalue weighted by Gasteiger charge is 2.36. The third-order valence-corrected chi connectivity index (χ3v) is 3.01. The summed E-state index contributed by atoms with van der Waals surface area (Å²) >= 11 is 0. The average molecular weight is 251 g/mol. The molecule has 0 radical (unpaired) electrons.